The fraction of sp³-hybridized carbons (Fsp3) is 0.259. The highest BCUT2D eigenvalue weighted by molar-refractivity contribution is 6.35. The van der Waals surface area contributed by atoms with Gasteiger partial charge < -0.3 is 14.7 Å². The Balaban J connectivity index is 1.74. The lowest BCUT2D eigenvalue weighted by molar-refractivity contribution is -0.132. The molecule has 1 amide bonds. The summed E-state index contributed by atoms with van der Waals surface area (Å²) in [6.07, 6.45) is 0. The quantitative estimate of drug-likeness (QED) is 0.435. The number of aliphatic hydroxyl groups is 1. The van der Waals surface area contributed by atoms with Crippen LogP contribution in [0.5, 0.6) is 0 Å². The van der Waals surface area contributed by atoms with Crippen molar-refractivity contribution in [2.24, 2.45) is 0 Å². The average Bonchev–Trinajstić information content (AvgIpc) is 3.09. The number of methoxy groups -OCH3 is 1. The van der Waals surface area contributed by atoms with Crippen LogP contribution in [-0.4, -0.2) is 48.6 Å². The Kier molecular flexibility index (Phi) is 7.47. The van der Waals surface area contributed by atoms with Crippen LogP contribution in [-0.2, 0) is 21.7 Å². The summed E-state index contributed by atoms with van der Waals surface area (Å²) in [5.41, 5.74) is 0.0626. The minimum Gasteiger partial charge on any atom is -0.465 e. The van der Waals surface area contributed by atoms with Crippen LogP contribution in [0.2, 0.25) is 10.0 Å². The first kappa shape index (κ1) is 25.2. The summed E-state index contributed by atoms with van der Waals surface area (Å²) in [7, 11) is 1.27. The number of rotatable bonds is 8. The van der Waals surface area contributed by atoms with Crippen LogP contribution in [0.25, 0.3) is 0 Å². The van der Waals surface area contributed by atoms with Crippen molar-refractivity contribution in [3.63, 3.8) is 0 Å². The molecule has 0 saturated heterocycles. The summed E-state index contributed by atoms with van der Waals surface area (Å²) in [5, 5.41) is 12.2. The van der Waals surface area contributed by atoms with Gasteiger partial charge in [-0.15, -0.1) is 0 Å². The minimum absolute atomic E-state index is 0.0813. The van der Waals surface area contributed by atoms with Crippen molar-refractivity contribution in [2.75, 3.05) is 31.6 Å². The lowest BCUT2D eigenvalue weighted by Gasteiger charge is -2.27. The molecule has 3 aromatic carbocycles. The number of hydrogen-bond donors (Lipinski definition) is 1. The third kappa shape index (κ3) is 4.67. The number of amides is 1. The summed E-state index contributed by atoms with van der Waals surface area (Å²) < 4.78 is 4.86. The van der Waals surface area contributed by atoms with E-state index >= 15 is 0 Å². The van der Waals surface area contributed by atoms with Crippen molar-refractivity contribution in [1.29, 1.82) is 0 Å². The molecule has 1 N–H and O–H groups in total. The summed E-state index contributed by atoms with van der Waals surface area (Å²) >= 11 is 13.0. The van der Waals surface area contributed by atoms with Gasteiger partial charge in [0.05, 0.1) is 23.4 Å². The molecule has 1 heterocycles. The molecular formula is C27H26Cl2N2O4. The van der Waals surface area contributed by atoms with E-state index < -0.39 is 17.5 Å². The van der Waals surface area contributed by atoms with E-state index in [1.54, 1.807) is 24.3 Å². The van der Waals surface area contributed by atoms with E-state index in [1.165, 1.54) is 24.1 Å². The second-order valence-corrected chi connectivity index (χ2v) is 9.16. The Hall–Kier alpha value is -2.90. The number of benzene rings is 3. The fourth-order valence-electron chi connectivity index (χ4n) is 4.47. The summed E-state index contributed by atoms with van der Waals surface area (Å²) in [4.78, 5) is 29.8. The molecule has 0 spiro atoms. The normalized spacial score (nSPS) is 17.1. The van der Waals surface area contributed by atoms with Crippen molar-refractivity contribution >= 4 is 40.8 Å². The van der Waals surface area contributed by atoms with Crippen LogP contribution in [0.15, 0.2) is 66.7 Å². The van der Waals surface area contributed by atoms with Gasteiger partial charge in [0.25, 0.3) is 5.91 Å². The molecule has 0 radical (unpaired) electrons. The maximum absolute atomic E-state index is 13.8. The number of hydrogen-bond acceptors (Lipinski definition) is 5. The predicted octanol–water partition coefficient (Wildman–Crippen LogP) is 4.88. The summed E-state index contributed by atoms with van der Waals surface area (Å²) in [6.45, 7) is 4.34. The van der Waals surface area contributed by atoms with Gasteiger partial charge in [-0.1, -0.05) is 78.7 Å². The highest BCUT2D eigenvalue weighted by Gasteiger charge is 2.53. The van der Waals surface area contributed by atoms with Crippen LogP contribution < -0.4 is 4.90 Å². The molecule has 0 aromatic heterocycles. The van der Waals surface area contributed by atoms with Crippen LogP contribution in [0.4, 0.5) is 5.69 Å². The zero-order valence-electron chi connectivity index (χ0n) is 19.5. The smallest absolute Gasteiger partial charge is 0.337 e. The molecule has 1 atom stereocenters. The molecule has 182 valence electrons. The van der Waals surface area contributed by atoms with E-state index in [-0.39, 0.29) is 33.3 Å². The number of fused-ring (bicyclic) bond motifs is 1. The maximum atomic E-state index is 13.8. The first-order valence-electron chi connectivity index (χ1n) is 11.3. The molecule has 1 unspecified atom stereocenters. The van der Waals surface area contributed by atoms with Gasteiger partial charge in [-0.2, -0.15) is 0 Å². The third-order valence-electron chi connectivity index (χ3n) is 6.30. The number of anilines is 1. The Morgan fingerprint density at radius 3 is 2.40 bits per heavy atom. The van der Waals surface area contributed by atoms with E-state index in [1.807, 2.05) is 18.2 Å². The van der Waals surface area contributed by atoms with Crippen molar-refractivity contribution < 1.29 is 19.4 Å². The number of nitrogens with zero attached hydrogens (tertiary/aromatic N) is 2. The van der Waals surface area contributed by atoms with Gasteiger partial charge in [0, 0.05) is 35.8 Å². The second-order valence-electron chi connectivity index (χ2n) is 8.35. The molecule has 8 heteroatoms. The third-order valence-corrected chi connectivity index (χ3v) is 6.93. The molecule has 1 aliphatic heterocycles. The average molecular weight is 513 g/mol. The van der Waals surface area contributed by atoms with E-state index in [2.05, 4.69) is 24.0 Å². The Labute approximate surface area is 214 Å². The fourth-order valence-corrected chi connectivity index (χ4v) is 5.09. The number of carbonyl (C=O) groups excluding carboxylic acids is 2. The topological polar surface area (TPSA) is 70.1 Å². The van der Waals surface area contributed by atoms with E-state index in [0.717, 1.165) is 12.1 Å². The standard InChI is InChI=1S/C27H26Cl2N2O4/c1-3-30(17-18-9-5-4-6-10-18)13-14-31-23-16-19(25(32)35-2)15-22(29)24(23)27(34,26(31)33)20-11-7-8-12-21(20)28/h4-12,15-16,34H,3,13-14,17H2,1-2H3. The van der Waals surface area contributed by atoms with Gasteiger partial charge in [0.1, 0.15) is 0 Å². The summed E-state index contributed by atoms with van der Waals surface area (Å²) in [5.74, 6) is -1.16. The molecule has 0 bridgehead atoms. The van der Waals surface area contributed by atoms with Gasteiger partial charge >= 0.3 is 5.97 Å². The van der Waals surface area contributed by atoms with Crippen molar-refractivity contribution in [1.82, 2.24) is 4.90 Å². The lowest BCUT2D eigenvalue weighted by atomic mass is 9.87. The second kappa shape index (κ2) is 10.4. The van der Waals surface area contributed by atoms with Gasteiger partial charge in [-0.05, 0) is 30.3 Å². The molecule has 0 fully saturated rings. The molecule has 35 heavy (non-hydrogen) atoms. The van der Waals surface area contributed by atoms with Crippen LogP contribution >= 0.6 is 23.2 Å². The van der Waals surface area contributed by atoms with Crippen LogP contribution in [0.3, 0.4) is 0 Å². The number of carbonyl (C=O) groups is 2. The van der Waals surface area contributed by atoms with Crippen molar-refractivity contribution in [3.8, 4) is 0 Å². The van der Waals surface area contributed by atoms with Gasteiger partial charge in [0.2, 0.25) is 0 Å². The number of ether oxygens (including phenoxy) is 1. The highest BCUT2D eigenvalue weighted by atomic mass is 35.5. The minimum atomic E-state index is -2.09. The van der Waals surface area contributed by atoms with E-state index in [9.17, 15) is 14.7 Å². The first-order chi connectivity index (χ1) is 16.8. The Morgan fingerprint density at radius 1 is 1.06 bits per heavy atom. The molecule has 6 nitrogen and oxygen atoms in total. The molecule has 3 aromatic rings. The largest absolute Gasteiger partial charge is 0.465 e. The number of likely N-dealkylation sites (N-methyl/N-ethyl adjacent to an activating group) is 1. The van der Waals surface area contributed by atoms with E-state index in [0.29, 0.717) is 18.8 Å². The van der Waals surface area contributed by atoms with Crippen molar-refractivity contribution in [2.45, 2.75) is 19.1 Å². The summed E-state index contributed by atoms with van der Waals surface area (Å²) in [6, 6.07) is 19.6. The van der Waals surface area contributed by atoms with Crippen molar-refractivity contribution in [3.05, 3.63) is 99.0 Å². The monoisotopic (exact) mass is 512 g/mol. The zero-order valence-corrected chi connectivity index (χ0v) is 21.0. The van der Waals surface area contributed by atoms with Gasteiger partial charge in [-0.3, -0.25) is 9.69 Å². The Morgan fingerprint density at radius 2 is 1.74 bits per heavy atom. The van der Waals surface area contributed by atoms with Gasteiger partial charge in [-0.25, -0.2) is 4.79 Å². The molecule has 0 aliphatic carbocycles. The van der Waals surface area contributed by atoms with Crippen LogP contribution in [0, 0.1) is 0 Å². The van der Waals surface area contributed by atoms with E-state index in [4.69, 9.17) is 27.9 Å². The Bertz CT molecular complexity index is 1250. The number of esters is 1. The maximum Gasteiger partial charge on any atom is 0.337 e. The van der Waals surface area contributed by atoms with Crippen LogP contribution in [0.1, 0.15) is 34.0 Å². The molecule has 1 aliphatic rings. The predicted molar refractivity (Wildman–Crippen MR) is 137 cm³/mol. The number of halogens is 2. The molecule has 0 saturated carbocycles. The zero-order chi connectivity index (χ0) is 25.2. The molecular weight excluding hydrogens is 487 g/mol. The lowest BCUT2D eigenvalue weighted by Crippen LogP contribution is -2.44. The molecule has 4 rings (SSSR count). The first-order valence-corrected chi connectivity index (χ1v) is 12.0. The highest BCUT2D eigenvalue weighted by Crippen LogP contribution is 2.49. The van der Waals surface area contributed by atoms with Gasteiger partial charge in [0.15, 0.2) is 5.60 Å². The SMILES string of the molecule is CCN(CCN1C(=O)C(O)(c2ccccc2Cl)c2c(Cl)cc(C(=O)OC)cc21)Cc1ccccc1.